The largest absolute Gasteiger partial charge is 0.487 e. The molecule has 0 aliphatic carbocycles. The van der Waals surface area contributed by atoms with E-state index in [0.29, 0.717) is 11.6 Å². The molecule has 0 bridgehead atoms. The fourth-order valence-corrected chi connectivity index (χ4v) is 1.98. The molecule has 19 heavy (non-hydrogen) atoms. The number of rotatable bonds is 3. The third-order valence-electron chi connectivity index (χ3n) is 3.19. The zero-order chi connectivity index (χ0) is 14.0. The Morgan fingerprint density at radius 3 is 2.68 bits per heavy atom. The molecule has 4 heteroatoms. The van der Waals surface area contributed by atoms with E-state index in [1.165, 1.54) is 0 Å². The van der Waals surface area contributed by atoms with Crippen LogP contribution in [0.4, 0.5) is 5.69 Å². The van der Waals surface area contributed by atoms with Gasteiger partial charge in [0, 0.05) is 16.9 Å². The molecular weight excluding hydrogens is 260 g/mol. The number of nitrogens with zero attached hydrogens (tertiary/aromatic N) is 1. The van der Waals surface area contributed by atoms with Gasteiger partial charge in [-0.15, -0.1) is 0 Å². The second-order valence-corrected chi connectivity index (χ2v) is 5.06. The summed E-state index contributed by atoms with van der Waals surface area (Å²) < 4.78 is 5.78. The van der Waals surface area contributed by atoms with E-state index < -0.39 is 0 Å². The monoisotopic (exact) mass is 276 g/mol. The predicted molar refractivity (Wildman–Crippen MR) is 78.6 cm³/mol. The molecule has 0 aliphatic rings. The SMILES string of the molecule is Cc1ccc(Cl)cc1OCc1ncc(C)c(N)c1C. The van der Waals surface area contributed by atoms with Gasteiger partial charge in [0.25, 0.3) is 0 Å². The fourth-order valence-electron chi connectivity index (χ4n) is 1.81. The Balaban J connectivity index is 2.19. The van der Waals surface area contributed by atoms with E-state index in [9.17, 15) is 0 Å². The van der Waals surface area contributed by atoms with Gasteiger partial charge in [-0.25, -0.2) is 0 Å². The molecule has 0 fully saturated rings. The van der Waals surface area contributed by atoms with Crippen LogP contribution in [0.25, 0.3) is 0 Å². The van der Waals surface area contributed by atoms with Gasteiger partial charge >= 0.3 is 0 Å². The van der Waals surface area contributed by atoms with Crippen LogP contribution in [0.3, 0.4) is 0 Å². The van der Waals surface area contributed by atoms with E-state index in [1.54, 1.807) is 6.20 Å². The van der Waals surface area contributed by atoms with Gasteiger partial charge in [0.15, 0.2) is 0 Å². The summed E-state index contributed by atoms with van der Waals surface area (Å²) in [4.78, 5) is 4.37. The van der Waals surface area contributed by atoms with Crippen LogP contribution in [0.1, 0.15) is 22.4 Å². The maximum absolute atomic E-state index is 5.99. The Labute approximate surface area is 118 Å². The lowest BCUT2D eigenvalue weighted by molar-refractivity contribution is 0.298. The van der Waals surface area contributed by atoms with Crippen molar-refractivity contribution < 1.29 is 4.74 Å². The number of anilines is 1. The standard InChI is InChI=1S/C15H17ClN2O/c1-9-4-5-12(16)6-14(9)19-8-13-11(3)15(17)10(2)7-18-13/h4-7H,8H2,1-3H3,(H2,17,18). The van der Waals surface area contributed by atoms with Crippen molar-refractivity contribution in [3.05, 3.63) is 51.8 Å². The fraction of sp³-hybridized carbons (Fsp3) is 0.267. The zero-order valence-corrected chi connectivity index (χ0v) is 12.1. The normalized spacial score (nSPS) is 10.5. The lowest BCUT2D eigenvalue weighted by Crippen LogP contribution is -2.05. The topological polar surface area (TPSA) is 48.1 Å². The van der Waals surface area contributed by atoms with Crippen molar-refractivity contribution in [1.82, 2.24) is 4.98 Å². The van der Waals surface area contributed by atoms with E-state index in [0.717, 1.165) is 33.8 Å². The van der Waals surface area contributed by atoms with Crippen molar-refractivity contribution in [2.45, 2.75) is 27.4 Å². The molecule has 2 rings (SSSR count). The third kappa shape index (κ3) is 2.99. The number of aryl methyl sites for hydroxylation is 2. The summed E-state index contributed by atoms with van der Waals surface area (Å²) in [5, 5.41) is 0.661. The summed E-state index contributed by atoms with van der Waals surface area (Å²) in [5.41, 5.74) is 10.6. The average Bonchev–Trinajstić information content (AvgIpc) is 2.39. The van der Waals surface area contributed by atoms with Crippen LogP contribution in [0.2, 0.25) is 5.02 Å². The molecular formula is C15H17ClN2O. The molecule has 1 heterocycles. The molecule has 0 atom stereocenters. The zero-order valence-electron chi connectivity index (χ0n) is 11.3. The van der Waals surface area contributed by atoms with Crippen molar-refractivity contribution in [2.24, 2.45) is 0 Å². The van der Waals surface area contributed by atoms with Crippen LogP contribution in [0.15, 0.2) is 24.4 Å². The van der Waals surface area contributed by atoms with Crippen LogP contribution in [0, 0.1) is 20.8 Å². The molecule has 0 unspecified atom stereocenters. The lowest BCUT2D eigenvalue weighted by atomic mass is 10.1. The highest BCUT2D eigenvalue weighted by atomic mass is 35.5. The number of halogens is 1. The number of hydrogen-bond acceptors (Lipinski definition) is 3. The van der Waals surface area contributed by atoms with Crippen LogP contribution >= 0.6 is 11.6 Å². The first-order valence-electron chi connectivity index (χ1n) is 6.08. The van der Waals surface area contributed by atoms with Crippen LogP contribution < -0.4 is 10.5 Å². The van der Waals surface area contributed by atoms with E-state index in [-0.39, 0.29) is 0 Å². The van der Waals surface area contributed by atoms with Gasteiger partial charge in [-0.05, 0) is 49.6 Å². The van der Waals surface area contributed by atoms with Crippen molar-refractivity contribution in [3.8, 4) is 5.75 Å². The number of aromatic nitrogens is 1. The second-order valence-electron chi connectivity index (χ2n) is 4.63. The predicted octanol–water partition coefficient (Wildman–Crippen LogP) is 3.82. The summed E-state index contributed by atoms with van der Waals surface area (Å²) in [6.07, 6.45) is 1.77. The maximum Gasteiger partial charge on any atom is 0.131 e. The molecule has 2 aromatic rings. The van der Waals surface area contributed by atoms with Gasteiger partial charge in [-0.3, -0.25) is 4.98 Å². The van der Waals surface area contributed by atoms with Crippen LogP contribution in [-0.4, -0.2) is 4.98 Å². The molecule has 0 aliphatic heterocycles. The Hall–Kier alpha value is -1.74. The quantitative estimate of drug-likeness (QED) is 0.927. The Kier molecular flexibility index (Phi) is 3.96. The molecule has 0 amide bonds. The van der Waals surface area contributed by atoms with E-state index >= 15 is 0 Å². The van der Waals surface area contributed by atoms with Gasteiger partial charge in [-0.2, -0.15) is 0 Å². The minimum Gasteiger partial charge on any atom is -0.487 e. The Bertz CT molecular complexity index is 611. The van der Waals surface area contributed by atoms with E-state index in [4.69, 9.17) is 22.1 Å². The average molecular weight is 277 g/mol. The Morgan fingerprint density at radius 2 is 1.95 bits per heavy atom. The minimum atomic E-state index is 0.386. The molecule has 2 N–H and O–H groups in total. The number of nitrogens with two attached hydrogens (primary N) is 1. The first-order chi connectivity index (χ1) is 8.99. The minimum absolute atomic E-state index is 0.386. The van der Waals surface area contributed by atoms with Crippen molar-refractivity contribution >= 4 is 17.3 Å². The number of nitrogen functional groups attached to an aromatic ring is 1. The summed E-state index contributed by atoms with van der Waals surface area (Å²) >= 11 is 5.96. The number of benzene rings is 1. The highest BCUT2D eigenvalue weighted by Crippen LogP contribution is 2.24. The summed E-state index contributed by atoms with van der Waals surface area (Å²) in [6, 6.07) is 5.59. The molecule has 0 radical (unpaired) electrons. The van der Waals surface area contributed by atoms with Crippen molar-refractivity contribution in [1.29, 1.82) is 0 Å². The molecule has 1 aromatic heterocycles. The van der Waals surface area contributed by atoms with Gasteiger partial charge < -0.3 is 10.5 Å². The summed E-state index contributed by atoms with van der Waals surface area (Å²) in [5.74, 6) is 0.771. The summed E-state index contributed by atoms with van der Waals surface area (Å²) in [6.45, 7) is 6.27. The van der Waals surface area contributed by atoms with Gasteiger partial charge in [0.1, 0.15) is 12.4 Å². The summed E-state index contributed by atoms with van der Waals surface area (Å²) in [7, 11) is 0. The maximum atomic E-state index is 5.99. The molecule has 1 aromatic carbocycles. The third-order valence-corrected chi connectivity index (χ3v) is 3.43. The van der Waals surface area contributed by atoms with E-state index in [2.05, 4.69) is 4.98 Å². The lowest BCUT2D eigenvalue weighted by Gasteiger charge is -2.12. The second kappa shape index (κ2) is 5.49. The molecule has 3 nitrogen and oxygen atoms in total. The van der Waals surface area contributed by atoms with Gasteiger partial charge in [-0.1, -0.05) is 17.7 Å². The smallest absolute Gasteiger partial charge is 0.131 e. The van der Waals surface area contributed by atoms with E-state index in [1.807, 2.05) is 39.0 Å². The van der Waals surface area contributed by atoms with Gasteiger partial charge in [0.2, 0.25) is 0 Å². The highest BCUT2D eigenvalue weighted by molar-refractivity contribution is 6.30. The van der Waals surface area contributed by atoms with Crippen LogP contribution in [0.5, 0.6) is 5.75 Å². The molecule has 100 valence electrons. The number of hydrogen-bond donors (Lipinski definition) is 1. The van der Waals surface area contributed by atoms with Crippen LogP contribution in [-0.2, 0) is 6.61 Å². The van der Waals surface area contributed by atoms with Crippen molar-refractivity contribution in [3.63, 3.8) is 0 Å². The number of ether oxygens (including phenoxy) is 1. The Morgan fingerprint density at radius 1 is 1.21 bits per heavy atom. The molecule has 0 spiro atoms. The number of pyridine rings is 1. The molecule has 0 saturated carbocycles. The first-order valence-corrected chi connectivity index (χ1v) is 6.46. The first kappa shape index (κ1) is 13.7. The highest BCUT2D eigenvalue weighted by Gasteiger charge is 2.08. The molecule has 0 saturated heterocycles. The van der Waals surface area contributed by atoms with Gasteiger partial charge in [0.05, 0.1) is 5.69 Å². The van der Waals surface area contributed by atoms with Crippen molar-refractivity contribution in [2.75, 3.05) is 5.73 Å².